The van der Waals surface area contributed by atoms with Gasteiger partial charge in [0, 0.05) is 49.4 Å². The van der Waals surface area contributed by atoms with Gasteiger partial charge in [-0.25, -0.2) is 24.9 Å². The topological polar surface area (TPSA) is 77.6 Å². The Morgan fingerprint density at radius 3 is 1.40 bits per heavy atom. The van der Waals surface area contributed by atoms with Gasteiger partial charge in [0.1, 0.15) is 11.2 Å². The fourth-order valence-corrected chi connectivity index (χ4v) is 7.63. The zero-order valence-electron chi connectivity index (χ0n) is 30.5. The van der Waals surface area contributed by atoms with Crippen molar-refractivity contribution in [1.29, 1.82) is 0 Å². The fourth-order valence-electron chi connectivity index (χ4n) is 7.63. The van der Waals surface area contributed by atoms with Crippen molar-refractivity contribution in [3.8, 4) is 67.8 Å². The molecule has 0 unspecified atom stereocenters. The SMILES string of the molecule is c1ccc(-c2ccc3c(c2)oc2c(-c4ccc5ccc6ccc(-c7ccccc7)nc6c5n4)cc(-c4nc(-c5ccccc5)nc(-c5ccccc5)n4)cc23)cc1. The van der Waals surface area contributed by atoms with Crippen LogP contribution in [-0.4, -0.2) is 24.9 Å². The van der Waals surface area contributed by atoms with E-state index in [9.17, 15) is 0 Å². The van der Waals surface area contributed by atoms with E-state index in [1.54, 1.807) is 0 Å². The molecule has 0 saturated heterocycles. The molecule has 6 nitrogen and oxygen atoms in total. The van der Waals surface area contributed by atoms with Crippen LogP contribution < -0.4 is 0 Å². The van der Waals surface area contributed by atoms with Crippen LogP contribution in [-0.2, 0) is 0 Å². The molecule has 11 rings (SSSR count). The van der Waals surface area contributed by atoms with E-state index in [4.69, 9.17) is 29.3 Å². The number of hydrogen-bond acceptors (Lipinski definition) is 6. The third-order valence-corrected chi connectivity index (χ3v) is 10.5. The van der Waals surface area contributed by atoms with Gasteiger partial charge in [0.2, 0.25) is 0 Å². The van der Waals surface area contributed by atoms with E-state index in [-0.39, 0.29) is 0 Å². The molecule has 0 aliphatic carbocycles. The minimum Gasteiger partial charge on any atom is -0.455 e. The van der Waals surface area contributed by atoms with Crippen molar-refractivity contribution in [2.45, 2.75) is 0 Å². The molecule has 0 amide bonds. The normalized spacial score (nSPS) is 11.5. The lowest BCUT2D eigenvalue weighted by Gasteiger charge is -2.11. The number of hydrogen-bond donors (Lipinski definition) is 0. The first-order chi connectivity index (χ1) is 28.2. The summed E-state index contributed by atoms with van der Waals surface area (Å²) in [5, 5.41) is 3.97. The predicted octanol–water partition coefficient (Wildman–Crippen LogP) is 12.9. The number of pyridine rings is 2. The van der Waals surface area contributed by atoms with Gasteiger partial charge in [-0.3, -0.25) is 0 Å². The van der Waals surface area contributed by atoms with Crippen molar-refractivity contribution < 1.29 is 4.42 Å². The number of rotatable bonds is 6. The van der Waals surface area contributed by atoms with Crippen LogP contribution in [0, 0.1) is 0 Å². The van der Waals surface area contributed by atoms with Crippen molar-refractivity contribution in [1.82, 2.24) is 24.9 Å². The summed E-state index contributed by atoms with van der Waals surface area (Å²) in [6.07, 6.45) is 0. The molecule has 266 valence electrons. The molecule has 57 heavy (non-hydrogen) atoms. The van der Waals surface area contributed by atoms with Gasteiger partial charge in [-0.2, -0.15) is 0 Å². The molecule has 0 radical (unpaired) electrons. The van der Waals surface area contributed by atoms with E-state index in [2.05, 4.69) is 103 Å². The van der Waals surface area contributed by atoms with Crippen LogP contribution in [0.1, 0.15) is 0 Å². The van der Waals surface area contributed by atoms with Crippen molar-refractivity contribution in [3.05, 3.63) is 188 Å². The van der Waals surface area contributed by atoms with Gasteiger partial charge >= 0.3 is 0 Å². The largest absolute Gasteiger partial charge is 0.455 e. The van der Waals surface area contributed by atoms with E-state index < -0.39 is 0 Å². The van der Waals surface area contributed by atoms with Crippen LogP contribution in [0.5, 0.6) is 0 Å². The highest BCUT2D eigenvalue weighted by molar-refractivity contribution is 6.12. The van der Waals surface area contributed by atoms with E-state index in [1.165, 1.54) is 0 Å². The first kappa shape index (κ1) is 32.6. The Kier molecular flexibility index (Phi) is 7.71. The molecule has 0 N–H and O–H groups in total. The van der Waals surface area contributed by atoms with Crippen LogP contribution in [0.15, 0.2) is 192 Å². The number of benzene rings is 7. The van der Waals surface area contributed by atoms with Crippen molar-refractivity contribution >= 4 is 43.7 Å². The average molecular weight is 730 g/mol. The first-order valence-corrected chi connectivity index (χ1v) is 18.9. The summed E-state index contributed by atoms with van der Waals surface area (Å²) >= 11 is 0. The minimum atomic E-state index is 0.557. The van der Waals surface area contributed by atoms with Crippen LogP contribution in [0.3, 0.4) is 0 Å². The molecule has 11 aromatic rings. The van der Waals surface area contributed by atoms with Crippen LogP contribution >= 0.6 is 0 Å². The van der Waals surface area contributed by atoms with Gasteiger partial charge in [0.15, 0.2) is 17.5 Å². The summed E-state index contributed by atoms with van der Waals surface area (Å²) in [6.45, 7) is 0. The van der Waals surface area contributed by atoms with Crippen molar-refractivity contribution in [2.75, 3.05) is 0 Å². The molecule has 0 aliphatic heterocycles. The highest BCUT2D eigenvalue weighted by atomic mass is 16.3. The third-order valence-electron chi connectivity index (χ3n) is 10.5. The van der Waals surface area contributed by atoms with Gasteiger partial charge in [-0.05, 0) is 47.5 Å². The average Bonchev–Trinajstić information content (AvgIpc) is 3.67. The second kappa shape index (κ2) is 13.5. The first-order valence-electron chi connectivity index (χ1n) is 18.9. The number of nitrogens with zero attached hydrogens (tertiary/aromatic N) is 5. The Balaban J connectivity index is 1.17. The summed E-state index contributed by atoms with van der Waals surface area (Å²) in [5.41, 5.74) is 11.6. The molecule has 4 aromatic heterocycles. The minimum absolute atomic E-state index is 0.557. The number of furan rings is 1. The lowest BCUT2D eigenvalue weighted by molar-refractivity contribution is 0.670. The number of aromatic nitrogens is 5. The predicted molar refractivity (Wildman–Crippen MR) is 230 cm³/mol. The van der Waals surface area contributed by atoms with E-state index in [0.717, 1.165) is 94.1 Å². The fraction of sp³-hybridized carbons (Fsp3) is 0. The molecule has 7 aromatic carbocycles. The molecule has 0 saturated carbocycles. The van der Waals surface area contributed by atoms with Crippen LogP contribution in [0.25, 0.3) is 112 Å². The molecule has 6 heteroatoms. The highest BCUT2D eigenvalue weighted by Gasteiger charge is 2.20. The molecular formula is C51H31N5O. The summed E-state index contributed by atoms with van der Waals surface area (Å²) in [7, 11) is 0. The maximum Gasteiger partial charge on any atom is 0.164 e. The second-order valence-electron chi connectivity index (χ2n) is 14.1. The smallest absolute Gasteiger partial charge is 0.164 e. The zero-order valence-corrected chi connectivity index (χ0v) is 30.5. The van der Waals surface area contributed by atoms with Gasteiger partial charge in [-0.15, -0.1) is 0 Å². The molecule has 4 heterocycles. The van der Waals surface area contributed by atoms with Gasteiger partial charge in [0.25, 0.3) is 0 Å². The van der Waals surface area contributed by atoms with Gasteiger partial charge < -0.3 is 4.42 Å². The Hall–Kier alpha value is -7.83. The number of fused-ring (bicyclic) bond motifs is 6. The Morgan fingerprint density at radius 1 is 0.316 bits per heavy atom. The van der Waals surface area contributed by atoms with Crippen molar-refractivity contribution in [2.24, 2.45) is 0 Å². The van der Waals surface area contributed by atoms with E-state index in [0.29, 0.717) is 17.5 Å². The molecule has 0 atom stereocenters. The summed E-state index contributed by atoms with van der Waals surface area (Å²) < 4.78 is 6.84. The van der Waals surface area contributed by atoms with Crippen molar-refractivity contribution in [3.63, 3.8) is 0 Å². The molecule has 0 aliphatic rings. The van der Waals surface area contributed by atoms with Crippen LogP contribution in [0.2, 0.25) is 0 Å². The Labute approximate surface area is 327 Å². The zero-order chi connectivity index (χ0) is 37.7. The molecular weight excluding hydrogens is 699 g/mol. The third kappa shape index (κ3) is 5.88. The standard InChI is InChI=1S/C51H31N5O/c1-5-13-32(14-6-1)38-23-26-40-41-29-39(51-55-49(36-17-9-3-10-18-36)54-50(56-51)37-19-11-4-12-20-37)30-42(48(41)57-45(40)31-38)44-28-25-35-22-21-34-24-27-43(33-15-7-2-8-16-33)52-46(34)47(35)53-44/h1-31H. The van der Waals surface area contributed by atoms with Gasteiger partial charge in [-0.1, -0.05) is 152 Å². The van der Waals surface area contributed by atoms with Crippen LogP contribution in [0.4, 0.5) is 0 Å². The maximum absolute atomic E-state index is 6.84. The summed E-state index contributed by atoms with van der Waals surface area (Å²) in [4.78, 5) is 25.7. The highest BCUT2D eigenvalue weighted by Crippen LogP contribution is 2.41. The summed E-state index contributed by atoms with van der Waals surface area (Å²) in [6, 6.07) is 63.9. The Bertz CT molecular complexity index is 3220. The Morgan fingerprint density at radius 2 is 0.807 bits per heavy atom. The second-order valence-corrected chi connectivity index (χ2v) is 14.1. The molecule has 0 fully saturated rings. The van der Waals surface area contributed by atoms with E-state index >= 15 is 0 Å². The van der Waals surface area contributed by atoms with Gasteiger partial charge in [0.05, 0.1) is 22.4 Å². The quantitative estimate of drug-likeness (QED) is 0.159. The maximum atomic E-state index is 6.84. The lowest BCUT2D eigenvalue weighted by Crippen LogP contribution is -2.00. The monoisotopic (exact) mass is 729 g/mol. The molecule has 0 bridgehead atoms. The molecule has 0 spiro atoms. The summed E-state index contributed by atoms with van der Waals surface area (Å²) in [5.74, 6) is 1.75. The lowest BCUT2D eigenvalue weighted by atomic mass is 9.99. The van der Waals surface area contributed by atoms with E-state index in [1.807, 2.05) is 84.9 Å².